The second kappa shape index (κ2) is 9.25. The van der Waals surface area contributed by atoms with Crippen molar-refractivity contribution in [2.75, 3.05) is 17.9 Å². The van der Waals surface area contributed by atoms with Crippen LogP contribution in [0.4, 0.5) is 5.69 Å². The maximum absolute atomic E-state index is 12.4. The quantitative estimate of drug-likeness (QED) is 0.447. The van der Waals surface area contributed by atoms with Crippen molar-refractivity contribution in [3.05, 3.63) is 90.0 Å². The van der Waals surface area contributed by atoms with Gasteiger partial charge in [0.05, 0.1) is 10.5 Å². The van der Waals surface area contributed by atoms with Gasteiger partial charge in [-0.25, -0.2) is 13.2 Å². The van der Waals surface area contributed by atoms with Crippen LogP contribution >= 0.6 is 0 Å². The molecule has 0 bridgehead atoms. The van der Waals surface area contributed by atoms with Crippen LogP contribution in [0.1, 0.15) is 15.9 Å². The van der Waals surface area contributed by atoms with Gasteiger partial charge in [-0.2, -0.15) is 0 Å². The summed E-state index contributed by atoms with van der Waals surface area (Å²) < 4.78 is 38.1. The van der Waals surface area contributed by atoms with E-state index in [1.165, 1.54) is 18.2 Å². The van der Waals surface area contributed by atoms with E-state index in [1.807, 2.05) is 31.2 Å². The number of hydrogen-bond acceptors (Lipinski definition) is 5. The second-order valence-corrected chi connectivity index (χ2v) is 7.93. The molecule has 0 aromatic heterocycles. The standard InChI is InChI=1S/C22H21NO5S/c1-17-8-5-6-13-21(17)27-14-15-28-22(24)18-9-7-10-19(16-18)23-29(25,26)20-11-3-2-4-12-20/h2-13,16,23H,14-15H2,1H3. The topological polar surface area (TPSA) is 81.7 Å². The Morgan fingerprint density at radius 1 is 0.897 bits per heavy atom. The molecule has 0 atom stereocenters. The van der Waals surface area contributed by atoms with Crippen molar-refractivity contribution in [1.29, 1.82) is 0 Å². The molecule has 3 aromatic rings. The number of esters is 1. The molecule has 0 heterocycles. The fourth-order valence-electron chi connectivity index (χ4n) is 2.61. The molecule has 7 heteroatoms. The Kier molecular flexibility index (Phi) is 6.51. The summed E-state index contributed by atoms with van der Waals surface area (Å²) in [7, 11) is -3.73. The van der Waals surface area contributed by atoms with E-state index in [-0.39, 0.29) is 29.4 Å². The van der Waals surface area contributed by atoms with E-state index in [4.69, 9.17) is 9.47 Å². The van der Waals surface area contributed by atoms with Gasteiger partial charge >= 0.3 is 5.97 Å². The number of para-hydroxylation sites is 1. The summed E-state index contributed by atoms with van der Waals surface area (Å²) in [5.74, 6) is 0.181. The molecular weight excluding hydrogens is 390 g/mol. The first-order chi connectivity index (χ1) is 14.0. The molecule has 6 nitrogen and oxygen atoms in total. The minimum Gasteiger partial charge on any atom is -0.490 e. The van der Waals surface area contributed by atoms with Gasteiger partial charge < -0.3 is 9.47 Å². The number of anilines is 1. The monoisotopic (exact) mass is 411 g/mol. The average molecular weight is 411 g/mol. The summed E-state index contributed by atoms with van der Waals surface area (Å²) in [5, 5.41) is 0. The van der Waals surface area contributed by atoms with E-state index in [1.54, 1.807) is 36.4 Å². The molecule has 0 aliphatic heterocycles. The van der Waals surface area contributed by atoms with Crippen molar-refractivity contribution in [1.82, 2.24) is 0 Å². The Morgan fingerprint density at radius 2 is 1.62 bits per heavy atom. The number of sulfonamides is 1. The molecule has 3 rings (SSSR count). The lowest BCUT2D eigenvalue weighted by molar-refractivity contribution is 0.0450. The highest BCUT2D eigenvalue weighted by Crippen LogP contribution is 2.18. The summed E-state index contributed by atoms with van der Waals surface area (Å²) in [6, 6.07) is 21.7. The first-order valence-electron chi connectivity index (χ1n) is 8.99. The fourth-order valence-corrected chi connectivity index (χ4v) is 3.68. The molecule has 29 heavy (non-hydrogen) atoms. The van der Waals surface area contributed by atoms with Gasteiger partial charge in [0.1, 0.15) is 19.0 Å². The van der Waals surface area contributed by atoms with Crippen LogP contribution in [0.3, 0.4) is 0 Å². The van der Waals surface area contributed by atoms with Crippen molar-refractivity contribution >= 4 is 21.7 Å². The summed E-state index contributed by atoms with van der Waals surface area (Å²) in [4.78, 5) is 12.4. The van der Waals surface area contributed by atoms with Crippen LogP contribution in [0.15, 0.2) is 83.8 Å². The third kappa shape index (κ3) is 5.58. The summed E-state index contributed by atoms with van der Waals surface area (Å²) in [6.07, 6.45) is 0. The number of aryl methyl sites for hydroxylation is 1. The molecule has 0 unspecified atom stereocenters. The molecule has 0 saturated carbocycles. The van der Waals surface area contributed by atoms with E-state index in [0.29, 0.717) is 0 Å². The normalized spacial score (nSPS) is 10.9. The minimum absolute atomic E-state index is 0.0765. The second-order valence-electron chi connectivity index (χ2n) is 6.25. The largest absolute Gasteiger partial charge is 0.490 e. The van der Waals surface area contributed by atoms with Gasteiger partial charge in [0.25, 0.3) is 10.0 Å². The Labute approximate surface area is 170 Å². The number of carbonyl (C=O) groups is 1. The number of rotatable bonds is 8. The zero-order valence-electron chi connectivity index (χ0n) is 15.9. The Balaban J connectivity index is 1.57. The zero-order valence-corrected chi connectivity index (χ0v) is 16.7. The van der Waals surface area contributed by atoms with Crippen molar-refractivity contribution in [2.24, 2.45) is 0 Å². The van der Waals surface area contributed by atoms with Crippen LogP contribution in [0.5, 0.6) is 5.75 Å². The first-order valence-corrected chi connectivity index (χ1v) is 10.5. The lowest BCUT2D eigenvalue weighted by atomic mass is 10.2. The molecule has 0 saturated heterocycles. The Morgan fingerprint density at radius 3 is 2.38 bits per heavy atom. The molecule has 0 aliphatic rings. The van der Waals surface area contributed by atoms with Gasteiger partial charge in [-0.05, 0) is 48.9 Å². The number of ether oxygens (including phenoxy) is 2. The zero-order chi connectivity index (χ0) is 20.7. The van der Waals surface area contributed by atoms with Crippen LogP contribution in [-0.2, 0) is 14.8 Å². The molecule has 1 N–H and O–H groups in total. The Hall–Kier alpha value is -3.32. The highest BCUT2D eigenvalue weighted by Gasteiger charge is 2.15. The highest BCUT2D eigenvalue weighted by atomic mass is 32.2. The molecule has 0 aliphatic carbocycles. The first kappa shape index (κ1) is 20.4. The highest BCUT2D eigenvalue weighted by molar-refractivity contribution is 7.92. The SMILES string of the molecule is Cc1ccccc1OCCOC(=O)c1cccc(NS(=O)(=O)c2ccccc2)c1. The van der Waals surface area contributed by atoms with Gasteiger partial charge in [0.15, 0.2) is 0 Å². The molecule has 150 valence electrons. The third-order valence-electron chi connectivity index (χ3n) is 4.07. The Bertz CT molecular complexity index is 1080. The molecule has 0 amide bonds. The summed E-state index contributed by atoms with van der Waals surface area (Å²) in [6.45, 7) is 2.23. The number of hydrogen-bond donors (Lipinski definition) is 1. The van der Waals surface area contributed by atoms with Gasteiger partial charge in [-0.1, -0.05) is 42.5 Å². The third-order valence-corrected chi connectivity index (χ3v) is 5.47. The molecule has 0 fully saturated rings. The van der Waals surface area contributed by atoms with E-state index < -0.39 is 16.0 Å². The predicted molar refractivity (Wildman–Crippen MR) is 111 cm³/mol. The predicted octanol–water partition coefficient (Wildman–Crippen LogP) is 4.03. The maximum Gasteiger partial charge on any atom is 0.338 e. The molecule has 0 radical (unpaired) electrons. The fraction of sp³-hybridized carbons (Fsp3) is 0.136. The van der Waals surface area contributed by atoms with Gasteiger partial charge in [-0.15, -0.1) is 0 Å². The number of benzene rings is 3. The van der Waals surface area contributed by atoms with Crippen molar-refractivity contribution in [3.63, 3.8) is 0 Å². The van der Waals surface area contributed by atoms with Crippen LogP contribution in [0.2, 0.25) is 0 Å². The van der Waals surface area contributed by atoms with E-state index >= 15 is 0 Å². The lowest BCUT2D eigenvalue weighted by Gasteiger charge is -2.11. The van der Waals surface area contributed by atoms with Crippen molar-refractivity contribution in [3.8, 4) is 5.75 Å². The summed E-state index contributed by atoms with van der Waals surface area (Å²) >= 11 is 0. The smallest absolute Gasteiger partial charge is 0.338 e. The van der Waals surface area contributed by atoms with E-state index in [0.717, 1.165) is 11.3 Å². The van der Waals surface area contributed by atoms with Crippen LogP contribution in [-0.4, -0.2) is 27.6 Å². The molecular formula is C22H21NO5S. The van der Waals surface area contributed by atoms with Crippen LogP contribution < -0.4 is 9.46 Å². The van der Waals surface area contributed by atoms with Crippen LogP contribution in [0.25, 0.3) is 0 Å². The summed E-state index contributed by atoms with van der Waals surface area (Å²) in [5.41, 5.74) is 1.52. The van der Waals surface area contributed by atoms with Gasteiger partial charge in [0.2, 0.25) is 0 Å². The number of nitrogens with one attached hydrogen (secondary N) is 1. The van der Waals surface area contributed by atoms with Crippen molar-refractivity contribution < 1.29 is 22.7 Å². The average Bonchev–Trinajstić information content (AvgIpc) is 2.73. The minimum atomic E-state index is -3.73. The molecule has 0 spiro atoms. The van der Waals surface area contributed by atoms with Crippen LogP contribution in [0, 0.1) is 6.92 Å². The van der Waals surface area contributed by atoms with Gasteiger partial charge in [0, 0.05) is 5.69 Å². The lowest BCUT2D eigenvalue weighted by Crippen LogP contribution is -2.15. The van der Waals surface area contributed by atoms with E-state index in [2.05, 4.69) is 4.72 Å². The molecule has 3 aromatic carbocycles. The number of carbonyl (C=O) groups excluding carboxylic acids is 1. The van der Waals surface area contributed by atoms with Crippen molar-refractivity contribution in [2.45, 2.75) is 11.8 Å². The van der Waals surface area contributed by atoms with E-state index in [9.17, 15) is 13.2 Å². The maximum atomic E-state index is 12.4. The van der Waals surface area contributed by atoms with Gasteiger partial charge in [-0.3, -0.25) is 4.72 Å².